The molecule has 0 fully saturated rings. The van der Waals surface area contributed by atoms with Crippen molar-refractivity contribution < 1.29 is 13.9 Å². The third-order valence-corrected chi connectivity index (χ3v) is 3.89. The predicted molar refractivity (Wildman–Crippen MR) is 74.7 cm³/mol. The number of carbonyl (C=O) groups is 1. The Hall–Kier alpha value is -0.940. The van der Waals surface area contributed by atoms with E-state index >= 15 is 0 Å². The molecule has 2 aromatic rings. The number of halogens is 3. The first kappa shape index (κ1) is 14.5. The molecule has 0 amide bonds. The highest BCUT2D eigenvalue weighted by molar-refractivity contribution is 7.20. The largest absolute Gasteiger partial charge is 0.369 e. The monoisotopic (exact) mass is 318 g/mol. The maximum atomic E-state index is 13.3. The van der Waals surface area contributed by atoms with Crippen LogP contribution in [-0.4, -0.2) is 12.4 Å². The minimum absolute atomic E-state index is 0.0356. The van der Waals surface area contributed by atoms with Crippen LogP contribution in [0, 0.1) is 5.82 Å². The van der Waals surface area contributed by atoms with Gasteiger partial charge in [0, 0.05) is 5.56 Å². The lowest BCUT2D eigenvalue weighted by Gasteiger charge is -2.04. The first-order valence-corrected chi connectivity index (χ1v) is 6.94. The fourth-order valence-electron chi connectivity index (χ4n) is 1.48. The molecule has 1 heterocycles. The van der Waals surface area contributed by atoms with Crippen molar-refractivity contribution >= 4 is 40.3 Å². The number of ketones is 1. The van der Waals surface area contributed by atoms with Gasteiger partial charge in [0.2, 0.25) is 0 Å². The fourth-order valence-corrected chi connectivity index (χ4v) is 2.98. The molecule has 1 aromatic heterocycles. The van der Waals surface area contributed by atoms with E-state index in [2.05, 4.69) is 0 Å². The summed E-state index contributed by atoms with van der Waals surface area (Å²) in [6.07, 6.45) is 0. The van der Waals surface area contributed by atoms with Crippen molar-refractivity contribution in [3.63, 3.8) is 0 Å². The average molecular weight is 319 g/mol. The lowest BCUT2D eigenvalue weighted by molar-refractivity contribution is 0.0721. The first-order valence-electron chi connectivity index (χ1n) is 5.37. The van der Waals surface area contributed by atoms with Gasteiger partial charge in [0.1, 0.15) is 16.8 Å². The molecule has 0 aliphatic rings. The number of hydrogen-bond donors (Lipinski definition) is 0. The zero-order chi connectivity index (χ0) is 13.8. The Labute approximate surface area is 123 Å². The van der Waals surface area contributed by atoms with Crippen LogP contribution in [0.4, 0.5) is 4.39 Å². The summed E-state index contributed by atoms with van der Waals surface area (Å²) in [5.74, 6) is -0.629. The minimum atomic E-state index is -0.355. The van der Waals surface area contributed by atoms with Crippen molar-refractivity contribution in [1.82, 2.24) is 0 Å². The maximum absolute atomic E-state index is 13.3. The van der Waals surface area contributed by atoms with Gasteiger partial charge in [-0.3, -0.25) is 4.79 Å². The van der Waals surface area contributed by atoms with Crippen LogP contribution in [0.2, 0.25) is 8.67 Å². The summed E-state index contributed by atoms with van der Waals surface area (Å²) in [6, 6.07) is 7.75. The Morgan fingerprint density at radius 3 is 2.68 bits per heavy atom. The minimum Gasteiger partial charge on any atom is -0.369 e. The summed E-state index contributed by atoms with van der Waals surface area (Å²) in [5, 5.41) is 0. The van der Waals surface area contributed by atoms with Crippen LogP contribution in [0.5, 0.6) is 0 Å². The summed E-state index contributed by atoms with van der Waals surface area (Å²) in [4.78, 5) is 11.8. The topological polar surface area (TPSA) is 26.3 Å². The van der Waals surface area contributed by atoms with E-state index in [0.717, 1.165) is 11.3 Å². The second-order valence-corrected chi connectivity index (χ2v) is 6.03. The third-order valence-electron chi connectivity index (χ3n) is 2.41. The molecule has 19 heavy (non-hydrogen) atoms. The van der Waals surface area contributed by atoms with Crippen LogP contribution in [0.25, 0.3) is 0 Å². The highest BCUT2D eigenvalue weighted by Crippen LogP contribution is 2.31. The SMILES string of the molecule is O=C(COCc1ccccc1F)c1cc(Cl)sc1Cl. The second kappa shape index (κ2) is 6.48. The quantitative estimate of drug-likeness (QED) is 0.753. The third kappa shape index (κ3) is 3.76. The van der Waals surface area contributed by atoms with E-state index in [9.17, 15) is 9.18 Å². The Morgan fingerprint density at radius 2 is 2.05 bits per heavy atom. The van der Waals surface area contributed by atoms with Crippen LogP contribution in [-0.2, 0) is 11.3 Å². The van der Waals surface area contributed by atoms with E-state index in [0.29, 0.717) is 19.8 Å². The molecule has 0 aliphatic carbocycles. The molecule has 0 radical (unpaired) electrons. The summed E-state index contributed by atoms with van der Waals surface area (Å²) in [5.41, 5.74) is 0.745. The highest BCUT2D eigenvalue weighted by atomic mass is 35.5. The van der Waals surface area contributed by atoms with E-state index in [4.69, 9.17) is 27.9 Å². The van der Waals surface area contributed by atoms with E-state index in [1.165, 1.54) is 12.1 Å². The number of carbonyl (C=O) groups excluding carboxylic acids is 1. The smallest absolute Gasteiger partial charge is 0.190 e. The van der Waals surface area contributed by atoms with Crippen LogP contribution in [0.1, 0.15) is 15.9 Å². The van der Waals surface area contributed by atoms with Crippen LogP contribution < -0.4 is 0 Å². The Kier molecular flexibility index (Phi) is 4.93. The Balaban J connectivity index is 1.91. The fraction of sp³-hybridized carbons (Fsp3) is 0.154. The Morgan fingerprint density at radius 1 is 1.32 bits per heavy atom. The first-order chi connectivity index (χ1) is 9.08. The lowest BCUT2D eigenvalue weighted by Crippen LogP contribution is -2.09. The second-order valence-electron chi connectivity index (χ2n) is 3.75. The number of ether oxygens (including phenoxy) is 1. The number of Topliss-reactive ketones (excluding diaryl/α,β-unsaturated/α-hetero) is 1. The number of rotatable bonds is 5. The standard InChI is InChI=1S/C13H9Cl2FO2S/c14-12-5-9(13(15)19-12)11(17)7-18-6-8-3-1-2-4-10(8)16/h1-5H,6-7H2. The molecular weight excluding hydrogens is 310 g/mol. The molecule has 0 bridgehead atoms. The summed E-state index contributed by atoms with van der Waals surface area (Å²) in [6.45, 7) is -0.130. The molecule has 0 saturated heterocycles. The van der Waals surface area contributed by atoms with Gasteiger partial charge in [-0.25, -0.2) is 4.39 Å². The molecule has 0 saturated carbocycles. The molecule has 2 nitrogen and oxygen atoms in total. The highest BCUT2D eigenvalue weighted by Gasteiger charge is 2.14. The van der Waals surface area contributed by atoms with Crippen molar-refractivity contribution in [2.24, 2.45) is 0 Å². The van der Waals surface area contributed by atoms with E-state index in [1.807, 2.05) is 0 Å². The molecule has 0 N–H and O–H groups in total. The van der Waals surface area contributed by atoms with E-state index in [-0.39, 0.29) is 24.8 Å². The van der Waals surface area contributed by atoms with Crippen molar-refractivity contribution in [2.45, 2.75) is 6.61 Å². The van der Waals surface area contributed by atoms with Gasteiger partial charge < -0.3 is 4.74 Å². The summed E-state index contributed by atoms with van der Waals surface area (Å²) < 4.78 is 19.3. The van der Waals surface area contributed by atoms with Gasteiger partial charge in [0.15, 0.2) is 5.78 Å². The summed E-state index contributed by atoms with van der Waals surface area (Å²) in [7, 11) is 0. The average Bonchev–Trinajstić information content (AvgIpc) is 2.71. The zero-order valence-electron chi connectivity index (χ0n) is 9.66. The van der Waals surface area contributed by atoms with Crippen molar-refractivity contribution in [3.8, 4) is 0 Å². The van der Waals surface area contributed by atoms with Gasteiger partial charge in [-0.2, -0.15) is 0 Å². The molecular formula is C13H9Cl2FO2S. The number of benzene rings is 1. The van der Waals surface area contributed by atoms with Crippen LogP contribution in [0.15, 0.2) is 30.3 Å². The molecule has 100 valence electrons. The van der Waals surface area contributed by atoms with E-state index in [1.54, 1.807) is 18.2 Å². The lowest BCUT2D eigenvalue weighted by atomic mass is 10.2. The van der Waals surface area contributed by atoms with Crippen LogP contribution in [0.3, 0.4) is 0 Å². The Bertz CT molecular complexity index is 598. The van der Waals surface area contributed by atoms with Gasteiger partial charge in [-0.1, -0.05) is 41.4 Å². The van der Waals surface area contributed by atoms with Crippen molar-refractivity contribution in [1.29, 1.82) is 0 Å². The number of hydrogen-bond acceptors (Lipinski definition) is 3. The van der Waals surface area contributed by atoms with E-state index < -0.39 is 0 Å². The van der Waals surface area contributed by atoms with Gasteiger partial charge >= 0.3 is 0 Å². The molecule has 2 rings (SSSR count). The molecule has 0 unspecified atom stereocenters. The summed E-state index contributed by atoms with van der Waals surface area (Å²) >= 11 is 12.7. The molecule has 6 heteroatoms. The van der Waals surface area contributed by atoms with Crippen molar-refractivity contribution in [3.05, 3.63) is 55.9 Å². The van der Waals surface area contributed by atoms with Gasteiger partial charge in [0.25, 0.3) is 0 Å². The van der Waals surface area contributed by atoms with Gasteiger partial charge in [-0.15, -0.1) is 11.3 Å². The number of thiophene rings is 1. The molecule has 0 aliphatic heterocycles. The maximum Gasteiger partial charge on any atom is 0.190 e. The van der Waals surface area contributed by atoms with Crippen molar-refractivity contribution in [2.75, 3.05) is 6.61 Å². The predicted octanol–water partition coefficient (Wildman–Crippen LogP) is 4.59. The van der Waals surface area contributed by atoms with Gasteiger partial charge in [-0.05, 0) is 12.1 Å². The van der Waals surface area contributed by atoms with Crippen LogP contribution >= 0.6 is 34.5 Å². The molecule has 0 spiro atoms. The molecule has 0 atom stereocenters. The normalized spacial score (nSPS) is 10.7. The molecule has 1 aromatic carbocycles. The zero-order valence-corrected chi connectivity index (χ0v) is 12.0. The van der Waals surface area contributed by atoms with Gasteiger partial charge in [0.05, 0.1) is 16.5 Å².